The van der Waals surface area contributed by atoms with E-state index >= 15 is 0 Å². The van der Waals surface area contributed by atoms with E-state index in [1.54, 1.807) is 7.05 Å². The summed E-state index contributed by atoms with van der Waals surface area (Å²) in [6, 6.07) is 0. The Kier molecular flexibility index (Phi) is 1.74. The molecule has 0 spiro atoms. The van der Waals surface area contributed by atoms with Gasteiger partial charge in [-0.1, -0.05) is 0 Å². The highest BCUT2D eigenvalue weighted by atomic mass is 19.3. The molecule has 0 aliphatic heterocycles. The highest BCUT2D eigenvalue weighted by molar-refractivity contribution is 5.94. The number of ketones is 1. The van der Waals surface area contributed by atoms with E-state index in [0.29, 0.717) is 12.1 Å². The number of aromatic nitrogens is 2. The van der Waals surface area contributed by atoms with Gasteiger partial charge < -0.3 is 0 Å². The second-order valence-corrected chi connectivity index (χ2v) is 3.55. The zero-order valence-electron chi connectivity index (χ0n) is 7.97. The maximum Gasteiger partial charge on any atom is 0.277 e. The molecule has 5 heteroatoms. The molecule has 0 unspecified atom stereocenters. The second-order valence-electron chi connectivity index (χ2n) is 3.55. The van der Waals surface area contributed by atoms with Gasteiger partial charge in [0.05, 0.1) is 5.56 Å². The highest BCUT2D eigenvalue weighted by Gasteiger charge is 2.45. The molecular weight excluding hydrogens is 190 g/mol. The van der Waals surface area contributed by atoms with Crippen molar-refractivity contribution >= 4 is 5.78 Å². The number of hydrogen-bond donors (Lipinski definition) is 0. The Morgan fingerprint density at radius 3 is 2.79 bits per heavy atom. The zero-order chi connectivity index (χ0) is 10.5. The van der Waals surface area contributed by atoms with E-state index in [2.05, 4.69) is 5.10 Å². The van der Waals surface area contributed by atoms with Crippen LogP contribution in [0.1, 0.15) is 35.1 Å². The van der Waals surface area contributed by atoms with E-state index in [4.69, 9.17) is 0 Å². The molecule has 0 saturated carbocycles. The van der Waals surface area contributed by atoms with Crippen molar-refractivity contribution in [3.8, 4) is 0 Å². The molecule has 1 aliphatic carbocycles. The van der Waals surface area contributed by atoms with Crippen molar-refractivity contribution in [1.29, 1.82) is 0 Å². The summed E-state index contributed by atoms with van der Waals surface area (Å²) in [5, 5.41) is 3.81. The Morgan fingerprint density at radius 1 is 1.57 bits per heavy atom. The number of hydrogen-bond acceptors (Lipinski definition) is 2. The molecule has 3 nitrogen and oxygen atoms in total. The molecule has 2 rings (SSSR count). The van der Waals surface area contributed by atoms with Crippen molar-refractivity contribution in [2.75, 3.05) is 0 Å². The second kappa shape index (κ2) is 2.62. The molecule has 0 amide bonds. The van der Waals surface area contributed by atoms with Gasteiger partial charge in [-0.15, -0.1) is 0 Å². The third kappa shape index (κ3) is 1.08. The van der Waals surface area contributed by atoms with Gasteiger partial charge in [-0.05, 0) is 6.42 Å². The Hall–Kier alpha value is -1.26. The van der Waals surface area contributed by atoms with Crippen LogP contribution < -0.4 is 0 Å². The quantitative estimate of drug-likeness (QED) is 0.646. The molecule has 0 aromatic carbocycles. The van der Waals surface area contributed by atoms with Crippen molar-refractivity contribution in [3.05, 3.63) is 17.0 Å². The number of fused-ring (bicyclic) bond motifs is 1. The first kappa shape index (κ1) is 9.30. The van der Waals surface area contributed by atoms with Crippen molar-refractivity contribution in [2.45, 2.75) is 25.7 Å². The van der Waals surface area contributed by atoms with E-state index in [9.17, 15) is 13.6 Å². The fourth-order valence-corrected chi connectivity index (χ4v) is 1.88. The highest BCUT2D eigenvalue weighted by Crippen LogP contribution is 2.43. The van der Waals surface area contributed by atoms with Gasteiger partial charge in [-0.3, -0.25) is 9.48 Å². The molecule has 0 atom stereocenters. The number of halogens is 2. The Morgan fingerprint density at radius 2 is 2.21 bits per heavy atom. The standard InChI is InChI=1S/C9H10F2N2O/c1-5(14)8-7-6(13(2)12-8)3-4-9(7,10)11/h3-4H2,1-2H3. The van der Waals surface area contributed by atoms with E-state index in [1.807, 2.05) is 0 Å². The van der Waals surface area contributed by atoms with Crippen LogP contribution in [-0.4, -0.2) is 15.6 Å². The van der Waals surface area contributed by atoms with Gasteiger partial charge in [-0.25, -0.2) is 8.78 Å². The average molecular weight is 200 g/mol. The zero-order valence-corrected chi connectivity index (χ0v) is 7.97. The summed E-state index contributed by atoms with van der Waals surface area (Å²) < 4.78 is 28.1. The van der Waals surface area contributed by atoms with Crippen LogP contribution in [0.4, 0.5) is 8.78 Å². The summed E-state index contributed by atoms with van der Waals surface area (Å²) >= 11 is 0. The molecule has 0 fully saturated rings. The molecule has 76 valence electrons. The molecule has 1 aromatic rings. The van der Waals surface area contributed by atoms with Gasteiger partial charge in [0.2, 0.25) is 0 Å². The first-order valence-electron chi connectivity index (χ1n) is 4.38. The lowest BCUT2D eigenvalue weighted by Crippen LogP contribution is -2.12. The van der Waals surface area contributed by atoms with Crippen LogP contribution in [0.5, 0.6) is 0 Å². The number of carbonyl (C=O) groups is 1. The van der Waals surface area contributed by atoms with Crippen molar-refractivity contribution < 1.29 is 13.6 Å². The summed E-state index contributed by atoms with van der Waals surface area (Å²) in [4.78, 5) is 11.1. The smallest absolute Gasteiger partial charge is 0.277 e. The van der Waals surface area contributed by atoms with Crippen molar-refractivity contribution in [2.24, 2.45) is 7.05 Å². The minimum atomic E-state index is -2.88. The minimum Gasteiger partial charge on any atom is -0.293 e. The number of nitrogens with zero attached hydrogens (tertiary/aromatic N) is 2. The van der Waals surface area contributed by atoms with E-state index < -0.39 is 11.7 Å². The maximum atomic E-state index is 13.4. The molecule has 14 heavy (non-hydrogen) atoms. The van der Waals surface area contributed by atoms with Gasteiger partial charge >= 0.3 is 0 Å². The summed E-state index contributed by atoms with van der Waals surface area (Å²) in [6.07, 6.45) is 0.0768. The third-order valence-corrected chi connectivity index (χ3v) is 2.54. The Labute approximate surface area is 79.7 Å². The van der Waals surface area contributed by atoms with Gasteiger partial charge in [0.1, 0.15) is 5.69 Å². The van der Waals surface area contributed by atoms with Gasteiger partial charge in [0.15, 0.2) is 5.78 Å². The van der Waals surface area contributed by atoms with E-state index in [0.717, 1.165) is 0 Å². The van der Waals surface area contributed by atoms with Crippen LogP contribution in [0.25, 0.3) is 0 Å². The minimum absolute atomic E-state index is 0.0787. The normalized spacial score (nSPS) is 18.3. The molecule has 0 radical (unpaired) electrons. The summed E-state index contributed by atoms with van der Waals surface area (Å²) in [7, 11) is 1.59. The molecule has 0 saturated heterocycles. The maximum absolute atomic E-state index is 13.4. The predicted octanol–water partition coefficient (Wildman–Crippen LogP) is 1.66. The summed E-state index contributed by atoms with van der Waals surface area (Å²) in [5.74, 6) is -3.28. The Bertz CT molecular complexity index is 409. The predicted molar refractivity (Wildman–Crippen MR) is 45.4 cm³/mol. The number of alkyl halides is 2. The third-order valence-electron chi connectivity index (χ3n) is 2.54. The van der Waals surface area contributed by atoms with Crippen LogP contribution in [0, 0.1) is 0 Å². The largest absolute Gasteiger partial charge is 0.293 e. The number of Topliss-reactive ketones (excluding diaryl/α,β-unsaturated/α-hetero) is 1. The van der Waals surface area contributed by atoms with Crippen LogP contribution in [0.3, 0.4) is 0 Å². The average Bonchev–Trinajstić information content (AvgIpc) is 2.53. The SMILES string of the molecule is CC(=O)c1nn(C)c2c1C(F)(F)CC2. The van der Waals surface area contributed by atoms with Gasteiger partial charge in [0, 0.05) is 26.1 Å². The summed E-state index contributed by atoms with van der Waals surface area (Å²) in [5.41, 5.74) is 0.248. The van der Waals surface area contributed by atoms with Crippen LogP contribution in [-0.2, 0) is 19.4 Å². The van der Waals surface area contributed by atoms with Crippen molar-refractivity contribution in [3.63, 3.8) is 0 Å². The van der Waals surface area contributed by atoms with Crippen LogP contribution in [0.2, 0.25) is 0 Å². The van der Waals surface area contributed by atoms with E-state index in [1.165, 1.54) is 11.6 Å². The molecule has 1 aromatic heterocycles. The number of carbonyl (C=O) groups excluding carboxylic acids is 1. The molecule has 1 heterocycles. The summed E-state index contributed by atoms with van der Waals surface area (Å²) in [6.45, 7) is 1.26. The van der Waals surface area contributed by atoms with Crippen LogP contribution >= 0.6 is 0 Å². The van der Waals surface area contributed by atoms with Crippen LogP contribution in [0.15, 0.2) is 0 Å². The van der Waals surface area contributed by atoms with E-state index in [-0.39, 0.29) is 17.7 Å². The monoisotopic (exact) mass is 200 g/mol. The molecule has 0 N–H and O–H groups in total. The first-order valence-corrected chi connectivity index (χ1v) is 4.38. The lowest BCUT2D eigenvalue weighted by Gasteiger charge is -2.08. The molecule has 1 aliphatic rings. The number of rotatable bonds is 1. The molecule has 0 bridgehead atoms. The lowest BCUT2D eigenvalue weighted by molar-refractivity contribution is -0.00276. The fraction of sp³-hybridized carbons (Fsp3) is 0.556. The topological polar surface area (TPSA) is 34.9 Å². The molecular formula is C9H10F2N2O. The van der Waals surface area contributed by atoms with Gasteiger partial charge in [-0.2, -0.15) is 5.10 Å². The first-order chi connectivity index (χ1) is 6.43. The number of aryl methyl sites for hydroxylation is 1. The van der Waals surface area contributed by atoms with Crippen molar-refractivity contribution in [1.82, 2.24) is 9.78 Å². The fourth-order valence-electron chi connectivity index (χ4n) is 1.88. The lowest BCUT2D eigenvalue weighted by atomic mass is 10.1. The Balaban J connectivity index is 2.67. The van der Waals surface area contributed by atoms with Gasteiger partial charge in [0.25, 0.3) is 5.92 Å².